The summed E-state index contributed by atoms with van der Waals surface area (Å²) in [5.41, 5.74) is -0.215. The highest BCUT2D eigenvalue weighted by Gasteiger charge is 2.38. The van der Waals surface area contributed by atoms with Gasteiger partial charge in [0.1, 0.15) is 5.83 Å². The Morgan fingerprint density at radius 2 is 1.72 bits per heavy atom. The van der Waals surface area contributed by atoms with E-state index in [2.05, 4.69) is 15.0 Å². The number of rotatable bonds is 3. The van der Waals surface area contributed by atoms with Crippen LogP contribution in [0, 0.1) is 5.92 Å². The topological polar surface area (TPSA) is 38.1 Å². The molecule has 7 heteroatoms. The lowest BCUT2D eigenvalue weighted by atomic mass is 9.89. The number of alkyl halides is 3. The standard InChI is InChI=1S/C18H13F4N3/c19-14-10-12(9-13(11-14)18(20,21)22)16(17-23-7-4-8-24-17)25-15-5-2-1-3-6-15/h1-8,10-12H,9H2/t12-/m1/s1. The number of benzene rings is 1. The van der Waals surface area contributed by atoms with E-state index in [4.69, 9.17) is 0 Å². The van der Waals surface area contributed by atoms with Gasteiger partial charge in [0.25, 0.3) is 0 Å². The van der Waals surface area contributed by atoms with E-state index < -0.39 is 29.9 Å². The lowest BCUT2D eigenvalue weighted by molar-refractivity contribution is -0.0948. The molecule has 0 aliphatic heterocycles. The Kier molecular flexibility index (Phi) is 4.74. The highest BCUT2D eigenvalue weighted by molar-refractivity contribution is 6.02. The second-order valence-electron chi connectivity index (χ2n) is 5.43. The molecule has 1 aliphatic rings. The number of halogens is 4. The van der Waals surface area contributed by atoms with Crippen molar-refractivity contribution in [2.45, 2.75) is 12.6 Å². The molecule has 0 amide bonds. The Morgan fingerprint density at radius 1 is 1.04 bits per heavy atom. The Balaban J connectivity index is 2.05. The molecule has 1 aromatic heterocycles. The molecule has 0 spiro atoms. The van der Waals surface area contributed by atoms with E-state index in [0.29, 0.717) is 11.8 Å². The molecule has 1 heterocycles. The van der Waals surface area contributed by atoms with Gasteiger partial charge in [0.2, 0.25) is 0 Å². The second kappa shape index (κ2) is 6.96. The highest BCUT2D eigenvalue weighted by Crippen LogP contribution is 2.37. The van der Waals surface area contributed by atoms with E-state index in [1.807, 2.05) is 0 Å². The van der Waals surface area contributed by atoms with Crippen molar-refractivity contribution in [2.24, 2.45) is 10.9 Å². The smallest absolute Gasteiger partial charge is 0.249 e. The lowest BCUT2D eigenvalue weighted by Crippen LogP contribution is -2.24. The minimum Gasteiger partial charge on any atom is -0.249 e. The molecular formula is C18H13F4N3. The van der Waals surface area contributed by atoms with Crippen LogP contribution in [-0.4, -0.2) is 21.9 Å². The average molecular weight is 347 g/mol. The maximum absolute atomic E-state index is 13.8. The van der Waals surface area contributed by atoms with Crippen LogP contribution in [0.5, 0.6) is 0 Å². The van der Waals surface area contributed by atoms with Crippen molar-refractivity contribution in [3.63, 3.8) is 0 Å². The molecule has 0 N–H and O–H groups in total. The maximum Gasteiger partial charge on any atom is 0.412 e. The molecule has 1 aromatic carbocycles. The zero-order valence-corrected chi connectivity index (χ0v) is 12.9. The summed E-state index contributed by atoms with van der Waals surface area (Å²) in [5.74, 6) is -1.69. The molecular weight excluding hydrogens is 334 g/mol. The van der Waals surface area contributed by atoms with Crippen LogP contribution in [-0.2, 0) is 0 Å². The van der Waals surface area contributed by atoms with Gasteiger partial charge in [-0.2, -0.15) is 13.2 Å². The van der Waals surface area contributed by atoms with E-state index >= 15 is 0 Å². The summed E-state index contributed by atoms with van der Waals surface area (Å²) >= 11 is 0. The van der Waals surface area contributed by atoms with Gasteiger partial charge in [-0.25, -0.2) is 19.4 Å². The highest BCUT2D eigenvalue weighted by atomic mass is 19.4. The van der Waals surface area contributed by atoms with Crippen molar-refractivity contribution in [2.75, 3.05) is 0 Å². The molecule has 0 bridgehead atoms. The molecule has 1 atom stereocenters. The molecule has 3 rings (SSSR count). The maximum atomic E-state index is 13.8. The molecule has 0 radical (unpaired) electrons. The van der Waals surface area contributed by atoms with Crippen molar-refractivity contribution in [1.82, 2.24) is 9.97 Å². The largest absolute Gasteiger partial charge is 0.412 e. The van der Waals surface area contributed by atoms with Crippen molar-refractivity contribution in [1.29, 1.82) is 0 Å². The van der Waals surface area contributed by atoms with Crippen molar-refractivity contribution in [3.05, 3.63) is 78.2 Å². The third kappa shape index (κ3) is 4.17. The van der Waals surface area contributed by atoms with Gasteiger partial charge in [0.15, 0.2) is 5.82 Å². The number of allylic oxidation sites excluding steroid dienone is 4. The normalized spacial score (nSPS) is 18.6. The van der Waals surface area contributed by atoms with Crippen LogP contribution in [0.4, 0.5) is 23.2 Å². The number of para-hydroxylation sites is 1. The van der Waals surface area contributed by atoms with Gasteiger partial charge in [-0.05, 0) is 36.8 Å². The lowest BCUT2D eigenvalue weighted by Gasteiger charge is -2.22. The van der Waals surface area contributed by atoms with Crippen LogP contribution in [0.25, 0.3) is 0 Å². The fourth-order valence-corrected chi connectivity index (χ4v) is 2.51. The Labute approximate surface area is 141 Å². The molecule has 0 fully saturated rings. The zero-order chi connectivity index (χ0) is 17.9. The first-order valence-electron chi connectivity index (χ1n) is 7.49. The molecule has 128 valence electrons. The van der Waals surface area contributed by atoms with E-state index in [9.17, 15) is 17.6 Å². The monoisotopic (exact) mass is 347 g/mol. The van der Waals surface area contributed by atoms with Gasteiger partial charge in [-0.15, -0.1) is 0 Å². The number of hydrogen-bond donors (Lipinski definition) is 0. The average Bonchev–Trinajstić information content (AvgIpc) is 2.60. The predicted molar refractivity (Wildman–Crippen MR) is 86.1 cm³/mol. The minimum absolute atomic E-state index is 0.170. The number of nitrogens with zero attached hydrogens (tertiary/aromatic N) is 3. The fraction of sp³-hybridized carbons (Fsp3) is 0.167. The first kappa shape index (κ1) is 17.0. The molecule has 25 heavy (non-hydrogen) atoms. The first-order valence-corrected chi connectivity index (χ1v) is 7.49. The quantitative estimate of drug-likeness (QED) is 0.581. The third-order valence-corrected chi connectivity index (χ3v) is 3.63. The molecule has 0 unspecified atom stereocenters. The van der Waals surface area contributed by atoms with E-state index in [1.54, 1.807) is 36.4 Å². The van der Waals surface area contributed by atoms with Crippen LogP contribution in [0.1, 0.15) is 12.2 Å². The second-order valence-corrected chi connectivity index (χ2v) is 5.43. The molecule has 2 aromatic rings. The van der Waals surface area contributed by atoms with Gasteiger partial charge in [-0.1, -0.05) is 18.2 Å². The summed E-state index contributed by atoms with van der Waals surface area (Å²) in [5, 5.41) is 0. The Morgan fingerprint density at radius 3 is 2.36 bits per heavy atom. The predicted octanol–water partition coefficient (Wildman–Crippen LogP) is 4.96. The summed E-state index contributed by atoms with van der Waals surface area (Å²) < 4.78 is 53.0. The molecule has 3 nitrogen and oxygen atoms in total. The summed E-state index contributed by atoms with van der Waals surface area (Å²) in [6.07, 6.45) is -0.450. The molecule has 0 saturated carbocycles. The number of aromatic nitrogens is 2. The van der Waals surface area contributed by atoms with Gasteiger partial charge >= 0.3 is 6.18 Å². The Hall–Kier alpha value is -2.83. The van der Waals surface area contributed by atoms with Gasteiger partial charge in [0.05, 0.1) is 11.4 Å². The van der Waals surface area contributed by atoms with Crippen LogP contribution in [0.2, 0.25) is 0 Å². The SMILES string of the molecule is FC1=C[C@H](C(=Nc2ccccc2)c2ncccn2)CC(C(F)(F)F)=C1. The summed E-state index contributed by atoms with van der Waals surface area (Å²) in [4.78, 5) is 12.5. The van der Waals surface area contributed by atoms with Gasteiger partial charge in [0, 0.05) is 23.9 Å². The molecule has 0 saturated heterocycles. The van der Waals surface area contributed by atoms with E-state index in [1.165, 1.54) is 12.4 Å². The van der Waals surface area contributed by atoms with Crippen LogP contribution >= 0.6 is 0 Å². The number of aliphatic imine (C=N–C) groups is 1. The number of hydrogen-bond acceptors (Lipinski definition) is 3. The summed E-state index contributed by atoms with van der Waals surface area (Å²) in [6, 6.07) is 10.3. The first-order chi connectivity index (χ1) is 11.9. The van der Waals surface area contributed by atoms with Crippen molar-refractivity contribution < 1.29 is 17.6 Å². The zero-order valence-electron chi connectivity index (χ0n) is 12.9. The summed E-state index contributed by atoms with van der Waals surface area (Å²) in [6.45, 7) is 0. The summed E-state index contributed by atoms with van der Waals surface area (Å²) in [7, 11) is 0. The van der Waals surface area contributed by atoms with E-state index in [0.717, 1.165) is 6.08 Å². The van der Waals surface area contributed by atoms with Crippen molar-refractivity contribution >= 4 is 11.4 Å². The third-order valence-electron chi connectivity index (χ3n) is 3.63. The molecule has 1 aliphatic carbocycles. The van der Waals surface area contributed by atoms with Crippen LogP contribution in [0.3, 0.4) is 0 Å². The van der Waals surface area contributed by atoms with Gasteiger partial charge < -0.3 is 0 Å². The van der Waals surface area contributed by atoms with Crippen molar-refractivity contribution in [3.8, 4) is 0 Å². The van der Waals surface area contributed by atoms with Crippen LogP contribution in [0.15, 0.2) is 77.3 Å². The van der Waals surface area contributed by atoms with Gasteiger partial charge in [-0.3, -0.25) is 0 Å². The van der Waals surface area contributed by atoms with E-state index in [-0.39, 0.29) is 11.5 Å². The minimum atomic E-state index is -4.60. The fourth-order valence-electron chi connectivity index (χ4n) is 2.51. The van der Waals surface area contributed by atoms with Crippen LogP contribution < -0.4 is 0 Å². The Bertz CT molecular complexity index is 824.